The van der Waals surface area contributed by atoms with Crippen LogP contribution >= 0.6 is 0 Å². The summed E-state index contributed by atoms with van der Waals surface area (Å²) in [5.41, 5.74) is 2.99. The molecule has 1 saturated heterocycles. The third-order valence-electron chi connectivity index (χ3n) is 3.77. The minimum Gasteiger partial charge on any atom is -0.336 e. The summed E-state index contributed by atoms with van der Waals surface area (Å²) in [6, 6.07) is 5.79. The fourth-order valence-corrected chi connectivity index (χ4v) is 2.14. The van der Waals surface area contributed by atoms with Gasteiger partial charge < -0.3 is 15.5 Å². The highest BCUT2D eigenvalue weighted by Gasteiger charge is 2.28. The van der Waals surface area contributed by atoms with Crippen molar-refractivity contribution >= 4 is 17.5 Å². The van der Waals surface area contributed by atoms with Crippen LogP contribution in [0.1, 0.15) is 11.1 Å². The van der Waals surface area contributed by atoms with Crippen LogP contribution in [0.15, 0.2) is 18.2 Å². The van der Waals surface area contributed by atoms with E-state index in [1.165, 1.54) is 4.90 Å². The van der Waals surface area contributed by atoms with Gasteiger partial charge in [0, 0.05) is 25.8 Å². The molecule has 0 bridgehead atoms. The molecule has 0 radical (unpaired) electrons. The van der Waals surface area contributed by atoms with E-state index < -0.39 is 0 Å². The molecule has 5 heteroatoms. The molecule has 0 aliphatic carbocycles. The molecule has 1 aromatic rings. The van der Waals surface area contributed by atoms with Gasteiger partial charge in [-0.3, -0.25) is 9.59 Å². The molecule has 1 aliphatic rings. The number of likely N-dealkylation sites (N-methyl/N-ethyl adjacent to an activating group) is 1. The number of rotatable bonds is 4. The first-order chi connectivity index (χ1) is 9.49. The molecule has 20 heavy (non-hydrogen) atoms. The average Bonchev–Trinajstić information content (AvgIpc) is 2.32. The third kappa shape index (κ3) is 3.17. The van der Waals surface area contributed by atoms with Crippen molar-refractivity contribution in [3.8, 4) is 0 Å². The maximum Gasteiger partial charge on any atom is 0.243 e. The molecule has 5 nitrogen and oxygen atoms in total. The van der Waals surface area contributed by atoms with Crippen molar-refractivity contribution in [3.63, 3.8) is 0 Å². The van der Waals surface area contributed by atoms with E-state index in [0.717, 1.165) is 16.8 Å². The van der Waals surface area contributed by atoms with Crippen LogP contribution in [0.3, 0.4) is 0 Å². The van der Waals surface area contributed by atoms with Gasteiger partial charge in [0.15, 0.2) is 0 Å². The quantitative estimate of drug-likeness (QED) is 0.859. The first-order valence-corrected chi connectivity index (χ1v) is 6.81. The number of nitrogens with zero attached hydrogens (tertiary/aromatic N) is 1. The molecule has 1 heterocycles. The second kappa shape index (κ2) is 6.05. The second-order valence-corrected chi connectivity index (χ2v) is 5.35. The maximum absolute atomic E-state index is 12.0. The van der Waals surface area contributed by atoms with Crippen molar-refractivity contribution in [1.82, 2.24) is 10.2 Å². The minimum absolute atomic E-state index is 0.0218. The topological polar surface area (TPSA) is 61.4 Å². The molecule has 1 aliphatic heterocycles. The second-order valence-electron chi connectivity index (χ2n) is 5.35. The molecule has 0 spiro atoms. The lowest BCUT2D eigenvalue weighted by Crippen LogP contribution is -2.52. The highest BCUT2D eigenvalue weighted by molar-refractivity contribution is 5.95. The van der Waals surface area contributed by atoms with Gasteiger partial charge in [0.2, 0.25) is 11.8 Å². The number of anilines is 1. The zero-order valence-corrected chi connectivity index (χ0v) is 12.2. The molecule has 0 atom stereocenters. The summed E-state index contributed by atoms with van der Waals surface area (Å²) in [5, 5.41) is 5.92. The molecule has 0 unspecified atom stereocenters. The number of hydrogen-bond acceptors (Lipinski definition) is 3. The Bertz CT molecular complexity index is 524. The molecule has 2 rings (SSSR count). The Labute approximate surface area is 119 Å². The molecule has 1 fully saturated rings. The number of aryl methyl sites for hydroxylation is 1. The van der Waals surface area contributed by atoms with E-state index in [4.69, 9.17) is 0 Å². The molecule has 2 amide bonds. The lowest BCUT2D eigenvalue weighted by Gasteiger charge is -2.30. The summed E-state index contributed by atoms with van der Waals surface area (Å²) >= 11 is 0. The zero-order chi connectivity index (χ0) is 14.7. The Morgan fingerprint density at radius 2 is 2.05 bits per heavy atom. The van der Waals surface area contributed by atoms with Gasteiger partial charge in [0.25, 0.3) is 0 Å². The number of benzene rings is 1. The number of nitrogens with one attached hydrogen (secondary N) is 2. The van der Waals surface area contributed by atoms with Crippen molar-refractivity contribution in [2.24, 2.45) is 5.92 Å². The van der Waals surface area contributed by atoms with Gasteiger partial charge in [0.05, 0.1) is 12.5 Å². The molecule has 0 saturated carbocycles. The van der Waals surface area contributed by atoms with E-state index in [2.05, 4.69) is 10.6 Å². The van der Waals surface area contributed by atoms with E-state index in [1.54, 1.807) is 7.05 Å². The highest BCUT2D eigenvalue weighted by Crippen LogP contribution is 2.17. The molecule has 0 aromatic heterocycles. The summed E-state index contributed by atoms with van der Waals surface area (Å²) in [6.45, 7) is 5.48. The minimum atomic E-state index is -0.165. The largest absolute Gasteiger partial charge is 0.336 e. The number of carbonyl (C=O) groups excluding carboxylic acids is 2. The van der Waals surface area contributed by atoms with Gasteiger partial charge in [-0.1, -0.05) is 12.1 Å². The first-order valence-electron chi connectivity index (χ1n) is 6.81. The van der Waals surface area contributed by atoms with Gasteiger partial charge in [-0.25, -0.2) is 0 Å². The van der Waals surface area contributed by atoms with Gasteiger partial charge in [-0.15, -0.1) is 0 Å². The standard InChI is InChI=1S/C15H21N3O2/c1-10-5-4-6-13(11(10)2)17-14(19)9-18(3)15(20)12-7-16-8-12/h4-6,12,16H,7-9H2,1-3H3,(H,17,19). The Morgan fingerprint density at radius 1 is 1.35 bits per heavy atom. The van der Waals surface area contributed by atoms with Crippen molar-refractivity contribution in [3.05, 3.63) is 29.3 Å². The Hall–Kier alpha value is -1.88. The predicted octanol–water partition coefficient (Wildman–Crippen LogP) is 0.920. The van der Waals surface area contributed by atoms with Crippen LogP contribution in [0.25, 0.3) is 0 Å². The van der Waals surface area contributed by atoms with Gasteiger partial charge >= 0.3 is 0 Å². The smallest absolute Gasteiger partial charge is 0.243 e. The van der Waals surface area contributed by atoms with Gasteiger partial charge in [-0.05, 0) is 31.0 Å². The van der Waals surface area contributed by atoms with E-state index in [1.807, 2.05) is 32.0 Å². The molecule has 108 valence electrons. The average molecular weight is 275 g/mol. The number of hydrogen-bond donors (Lipinski definition) is 2. The Balaban J connectivity index is 1.91. The predicted molar refractivity (Wildman–Crippen MR) is 78.5 cm³/mol. The van der Waals surface area contributed by atoms with Crippen molar-refractivity contribution in [2.75, 3.05) is 32.0 Å². The normalized spacial score (nSPS) is 14.6. The van der Waals surface area contributed by atoms with E-state index >= 15 is 0 Å². The van der Waals surface area contributed by atoms with Crippen molar-refractivity contribution in [1.29, 1.82) is 0 Å². The monoisotopic (exact) mass is 275 g/mol. The number of carbonyl (C=O) groups is 2. The van der Waals surface area contributed by atoms with E-state index in [-0.39, 0.29) is 24.3 Å². The van der Waals surface area contributed by atoms with E-state index in [9.17, 15) is 9.59 Å². The molecular formula is C15H21N3O2. The van der Waals surface area contributed by atoms with Crippen LogP contribution in [-0.4, -0.2) is 43.4 Å². The lowest BCUT2D eigenvalue weighted by molar-refractivity contribution is -0.138. The molecular weight excluding hydrogens is 254 g/mol. The lowest BCUT2D eigenvalue weighted by atomic mass is 10.0. The van der Waals surface area contributed by atoms with Crippen LogP contribution in [0.5, 0.6) is 0 Å². The third-order valence-corrected chi connectivity index (χ3v) is 3.77. The summed E-state index contributed by atoms with van der Waals surface area (Å²) in [7, 11) is 1.67. The zero-order valence-electron chi connectivity index (χ0n) is 12.2. The van der Waals surface area contributed by atoms with E-state index in [0.29, 0.717) is 13.1 Å². The summed E-state index contributed by atoms with van der Waals surface area (Å²) in [6.07, 6.45) is 0. The SMILES string of the molecule is Cc1cccc(NC(=O)CN(C)C(=O)C2CNC2)c1C. The summed E-state index contributed by atoms with van der Waals surface area (Å²) in [4.78, 5) is 25.4. The number of amides is 2. The fraction of sp³-hybridized carbons (Fsp3) is 0.467. The van der Waals surface area contributed by atoms with Crippen molar-refractivity contribution in [2.45, 2.75) is 13.8 Å². The first kappa shape index (κ1) is 14.5. The van der Waals surface area contributed by atoms with Crippen LogP contribution < -0.4 is 10.6 Å². The highest BCUT2D eigenvalue weighted by atomic mass is 16.2. The fourth-order valence-electron chi connectivity index (χ4n) is 2.14. The van der Waals surface area contributed by atoms with Crippen LogP contribution in [0.2, 0.25) is 0 Å². The maximum atomic E-state index is 12.0. The van der Waals surface area contributed by atoms with Gasteiger partial charge in [0.1, 0.15) is 0 Å². The van der Waals surface area contributed by atoms with Crippen LogP contribution in [0.4, 0.5) is 5.69 Å². The summed E-state index contributed by atoms with van der Waals surface area (Å²) < 4.78 is 0. The Kier molecular flexibility index (Phi) is 4.39. The summed E-state index contributed by atoms with van der Waals surface area (Å²) in [5.74, 6) is -0.116. The van der Waals surface area contributed by atoms with Crippen LogP contribution in [-0.2, 0) is 9.59 Å². The molecule has 2 N–H and O–H groups in total. The molecule has 1 aromatic carbocycles. The Morgan fingerprint density at radius 3 is 2.65 bits per heavy atom. The van der Waals surface area contributed by atoms with Crippen LogP contribution in [0, 0.1) is 19.8 Å². The van der Waals surface area contributed by atoms with Crippen molar-refractivity contribution < 1.29 is 9.59 Å². The van der Waals surface area contributed by atoms with Gasteiger partial charge in [-0.2, -0.15) is 0 Å².